The molecule has 0 N–H and O–H groups in total. The van der Waals surface area contributed by atoms with E-state index in [2.05, 4.69) is 111 Å². The molecule has 0 aliphatic carbocycles. The topological polar surface area (TPSA) is 25.8 Å². The predicted octanol–water partition coefficient (Wildman–Crippen LogP) is 9.21. The SMILES string of the molecule is C=C/C=C(\C=C)c1ccc(-c2nc(-c3ccccc3)cc(-c3ccc(-c4ccccc4C)cc3)n2)cc1. The van der Waals surface area contributed by atoms with Crippen LogP contribution in [0, 0.1) is 6.92 Å². The number of hydrogen-bond acceptors (Lipinski definition) is 2. The van der Waals surface area contributed by atoms with Crippen LogP contribution in [-0.4, -0.2) is 9.97 Å². The van der Waals surface area contributed by atoms with E-state index in [0.717, 1.165) is 39.2 Å². The molecule has 4 aromatic carbocycles. The Morgan fingerprint density at radius 1 is 0.622 bits per heavy atom. The highest BCUT2D eigenvalue weighted by molar-refractivity contribution is 5.77. The molecule has 0 aliphatic heterocycles. The molecule has 0 aliphatic rings. The highest BCUT2D eigenvalue weighted by atomic mass is 14.9. The van der Waals surface area contributed by atoms with E-state index in [1.54, 1.807) is 6.08 Å². The Morgan fingerprint density at radius 2 is 1.19 bits per heavy atom. The summed E-state index contributed by atoms with van der Waals surface area (Å²) < 4.78 is 0. The second-order valence-corrected chi connectivity index (χ2v) is 8.86. The lowest BCUT2D eigenvalue weighted by Gasteiger charge is -2.11. The van der Waals surface area contributed by atoms with Gasteiger partial charge in [-0.3, -0.25) is 0 Å². The zero-order valence-electron chi connectivity index (χ0n) is 20.9. The van der Waals surface area contributed by atoms with Gasteiger partial charge in [-0.1, -0.05) is 135 Å². The van der Waals surface area contributed by atoms with Crippen molar-refractivity contribution in [1.29, 1.82) is 0 Å². The van der Waals surface area contributed by atoms with Gasteiger partial charge >= 0.3 is 0 Å². The molecule has 178 valence electrons. The molecular formula is C35H28N2. The quantitative estimate of drug-likeness (QED) is 0.219. The average molecular weight is 477 g/mol. The van der Waals surface area contributed by atoms with Crippen LogP contribution in [0.15, 0.2) is 141 Å². The van der Waals surface area contributed by atoms with Crippen LogP contribution in [0.4, 0.5) is 0 Å². The fraction of sp³-hybridized carbons (Fsp3) is 0.0286. The van der Waals surface area contributed by atoms with Gasteiger partial charge in [0.25, 0.3) is 0 Å². The molecule has 0 saturated heterocycles. The smallest absolute Gasteiger partial charge is 0.160 e. The first-order valence-corrected chi connectivity index (χ1v) is 12.3. The van der Waals surface area contributed by atoms with E-state index >= 15 is 0 Å². The third-order valence-corrected chi connectivity index (χ3v) is 6.43. The maximum Gasteiger partial charge on any atom is 0.160 e. The second-order valence-electron chi connectivity index (χ2n) is 8.86. The first-order chi connectivity index (χ1) is 18.2. The molecule has 1 aromatic heterocycles. The van der Waals surface area contributed by atoms with Gasteiger partial charge < -0.3 is 0 Å². The van der Waals surface area contributed by atoms with Crippen LogP contribution in [-0.2, 0) is 0 Å². The van der Waals surface area contributed by atoms with Crippen LogP contribution in [0.5, 0.6) is 0 Å². The Morgan fingerprint density at radius 3 is 1.81 bits per heavy atom. The van der Waals surface area contributed by atoms with Crippen molar-refractivity contribution in [3.05, 3.63) is 152 Å². The third kappa shape index (κ3) is 5.24. The molecule has 0 saturated carbocycles. The largest absolute Gasteiger partial charge is 0.228 e. The van der Waals surface area contributed by atoms with Crippen molar-refractivity contribution in [2.24, 2.45) is 0 Å². The predicted molar refractivity (Wildman–Crippen MR) is 157 cm³/mol. The van der Waals surface area contributed by atoms with Crippen LogP contribution >= 0.6 is 0 Å². The van der Waals surface area contributed by atoms with Gasteiger partial charge in [0.2, 0.25) is 0 Å². The van der Waals surface area contributed by atoms with Crippen LogP contribution in [0.3, 0.4) is 0 Å². The van der Waals surface area contributed by atoms with Crippen LogP contribution in [0.25, 0.3) is 50.6 Å². The molecule has 0 unspecified atom stereocenters. The molecule has 2 nitrogen and oxygen atoms in total. The lowest BCUT2D eigenvalue weighted by Crippen LogP contribution is -1.96. The van der Waals surface area contributed by atoms with Gasteiger partial charge in [0.15, 0.2) is 5.82 Å². The molecular weight excluding hydrogens is 448 g/mol. The summed E-state index contributed by atoms with van der Waals surface area (Å²) >= 11 is 0. The maximum absolute atomic E-state index is 4.99. The van der Waals surface area contributed by atoms with Crippen LogP contribution < -0.4 is 0 Å². The monoisotopic (exact) mass is 476 g/mol. The van der Waals surface area contributed by atoms with Gasteiger partial charge in [-0.15, -0.1) is 0 Å². The van der Waals surface area contributed by atoms with E-state index in [-0.39, 0.29) is 0 Å². The Labute approximate surface area is 219 Å². The minimum absolute atomic E-state index is 0.693. The summed E-state index contributed by atoms with van der Waals surface area (Å²) in [6, 6.07) is 37.6. The first-order valence-electron chi connectivity index (χ1n) is 12.3. The molecule has 0 atom stereocenters. The standard InChI is InChI=1S/C35H28N2/c1-4-11-26(5-2)27-16-22-31(23-17-27)35-36-33(29-13-7-6-8-14-29)24-34(37-35)30-20-18-28(19-21-30)32-15-10-9-12-25(32)3/h4-24H,1-2H2,3H3/b26-11+. The summed E-state index contributed by atoms with van der Waals surface area (Å²) in [7, 11) is 0. The van der Waals surface area contributed by atoms with E-state index in [0.29, 0.717) is 5.82 Å². The Bertz CT molecular complexity index is 1580. The zero-order chi connectivity index (χ0) is 25.6. The number of hydrogen-bond donors (Lipinski definition) is 0. The Balaban J connectivity index is 1.58. The number of aryl methyl sites for hydroxylation is 1. The van der Waals surface area contributed by atoms with Crippen LogP contribution in [0.1, 0.15) is 11.1 Å². The summed E-state index contributed by atoms with van der Waals surface area (Å²) in [6.45, 7) is 9.86. The second kappa shape index (κ2) is 10.8. The molecule has 0 bridgehead atoms. The van der Waals surface area contributed by atoms with E-state index in [1.165, 1.54) is 16.7 Å². The summed E-state index contributed by atoms with van der Waals surface area (Å²) in [6.07, 6.45) is 5.56. The molecule has 5 rings (SSSR count). The molecule has 0 fully saturated rings. The van der Waals surface area contributed by atoms with Crippen LogP contribution in [0.2, 0.25) is 0 Å². The maximum atomic E-state index is 4.99. The lowest BCUT2D eigenvalue weighted by molar-refractivity contribution is 1.18. The third-order valence-electron chi connectivity index (χ3n) is 6.43. The van der Waals surface area contributed by atoms with Gasteiger partial charge in [0.1, 0.15) is 0 Å². The average Bonchev–Trinajstić information content (AvgIpc) is 2.96. The number of aromatic nitrogens is 2. The summed E-state index contributed by atoms with van der Waals surface area (Å²) in [4.78, 5) is 9.93. The zero-order valence-corrected chi connectivity index (χ0v) is 20.9. The Hall–Kier alpha value is -4.82. The van der Waals surface area contributed by atoms with Gasteiger partial charge in [-0.25, -0.2) is 9.97 Å². The fourth-order valence-electron chi connectivity index (χ4n) is 4.42. The van der Waals surface area contributed by atoms with Crippen molar-refractivity contribution in [3.63, 3.8) is 0 Å². The molecule has 2 heteroatoms. The highest BCUT2D eigenvalue weighted by Gasteiger charge is 2.11. The lowest BCUT2D eigenvalue weighted by atomic mass is 9.98. The molecule has 0 amide bonds. The number of allylic oxidation sites excluding steroid dienone is 4. The van der Waals surface area contributed by atoms with Gasteiger partial charge in [-0.05, 0) is 40.8 Å². The first kappa shape index (κ1) is 23.9. The summed E-state index contributed by atoms with van der Waals surface area (Å²) in [5.41, 5.74) is 10.7. The number of rotatable bonds is 7. The minimum Gasteiger partial charge on any atom is -0.228 e. The van der Waals surface area contributed by atoms with Crippen molar-refractivity contribution >= 4 is 5.57 Å². The summed E-state index contributed by atoms with van der Waals surface area (Å²) in [5, 5.41) is 0. The summed E-state index contributed by atoms with van der Waals surface area (Å²) in [5.74, 6) is 0.693. The molecule has 1 heterocycles. The van der Waals surface area contributed by atoms with Gasteiger partial charge in [-0.2, -0.15) is 0 Å². The molecule has 5 aromatic rings. The number of nitrogens with zero attached hydrogens (tertiary/aromatic N) is 2. The van der Waals surface area contributed by atoms with E-state index in [1.807, 2.05) is 30.4 Å². The van der Waals surface area contributed by atoms with Crippen molar-refractivity contribution in [2.45, 2.75) is 6.92 Å². The minimum atomic E-state index is 0.693. The molecule has 0 spiro atoms. The van der Waals surface area contributed by atoms with Crippen molar-refractivity contribution in [3.8, 4) is 45.0 Å². The van der Waals surface area contributed by atoms with E-state index < -0.39 is 0 Å². The van der Waals surface area contributed by atoms with Gasteiger partial charge in [0.05, 0.1) is 11.4 Å². The highest BCUT2D eigenvalue weighted by Crippen LogP contribution is 2.30. The van der Waals surface area contributed by atoms with Crippen molar-refractivity contribution in [1.82, 2.24) is 9.97 Å². The fourth-order valence-corrected chi connectivity index (χ4v) is 4.42. The van der Waals surface area contributed by atoms with E-state index in [9.17, 15) is 0 Å². The Kier molecular flexibility index (Phi) is 7.00. The van der Waals surface area contributed by atoms with Gasteiger partial charge in [0, 0.05) is 16.7 Å². The van der Waals surface area contributed by atoms with Crippen molar-refractivity contribution < 1.29 is 0 Å². The van der Waals surface area contributed by atoms with Crippen molar-refractivity contribution in [2.75, 3.05) is 0 Å². The molecule has 37 heavy (non-hydrogen) atoms. The number of benzene rings is 4. The normalized spacial score (nSPS) is 11.2. The van der Waals surface area contributed by atoms with E-state index in [4.69, 9.17) is 9.97 Å². The molecule has 0 radical (unpaired) electrons.